The molecule has 130 valence electrons. The van der Waals surface area contributed by atoms with Gasteiger partial charge in [0.15, 0.2) is 0 Å². The zero-order chi connectivity index (χ0) is 17.0. The van der Waals surface area contributed by atoms with Crippen LogP contribution in [0.15, 0.2) is 55.2 Å². The number of nitrogens with two attached hydrogens (primary N) is 1. The number of halogens is 3. The van der Waals surface area contributed by atoms with Crippen LogP contribution in [-0.2, 0) is 6.42 Å². The van der Waals surface area contributed by atoms with E-state index in [0.29, 0.717) is 5.96 Å². The second-order valence-electron chi connectivity index (χ2n) is 4.99. The summed E-state index contributed by atoms with van der Waals surface area (Å²) in [5.74, 6) is 0.448. The van der Waals surface area contributed by atoms with Crippen LogP contribution in [0.4, 0.5) is 11.4 Å². The number of guanidine groups is 1. The average molecular weight is 494 g/mol. The van der Waals surface area contributed by atoms with Gasteiger partial charge in [-0.15, -0.1) is 24.2 Å². The zero-order valence-corrected chi connectivity index (χ0v) is 18.5. The highest BCUT2D eigenvalue weighted by molar-refractivity contribution is 9.11. The molecule has 2 aromatic rings. The van der Waals surface area contributed by atoms with Gasteiger partial charge in [-0.25, -0.2) is 4.99 Å². The van der Waals surface area contributed by atoms with E-state index in [4.69, 9.17) is 5.73 Å². The Hall–Kier alpha value is -0.690. The highest BCUT2D eigenvalue weighted by atomic mass is 79.9. The van der Waals surface area contributed by atoms with Crippen molar-refractivity contribution >= 4 is 73.4 Å². The van der Waals surface area contributed by atoms with Crippen LogP contribution in [0.1, 0.15) is 12.5 Å². The number of hydrogen-bond donors (Lipinski definition) is 1. The largest absolute Gasteiger partial charge is 0.369 e. The molecule has 2 rings (SSSR count). The monoisotopic (exact) mass is 491 g/mol. The third-order valence-corrected chi connectivity index (χ3v) is 5.80. The summed E-state index contributed by atoms with van der Waals surface area (Å²) in [5, 5.41) is 0. The van der Waals surface area contributed by atoms with Crippen LogP contribution in [0.3, 0.4) is 0 Å². The Bertz CT molecular complexity index is 738. The van der Waals surface area contributed by atoms with E-state index >= 15 is 0 Å². The lowest BCUT2D eigenvalue weighted by Gasteiger charge is -2.19. The minimum absolute atomic E-state index is 0. The Morgan fingerprint density at radius 3 is 2.58 bits per heavy atom. The van der Waals surface area contributed by atoms with E-state index in [2.05, 4.69) is 62.0 Å². The van der Waals surface area contributed by atoms with Crippen molar-refractivity contribution in [3.63, 3.8) is 0 Å². The SMILES string of the molecule is CCc1cccc(N(C)C(N)=Nc2cc(Br)cc(SC)c2Br)c1.Cl. The van der Waals surface area contributed by atoms with E-state index in [0.717, 1.165) is 31.6 Å². The van der Waals surface area contributed by atoms with Gasteiger partial charge in [0.1, 0.15) is 0 Å². The molecule has 0 bridgehead atoms. The molecule has 0 aliphatic rings. The summed E-state index contributed by atoms with van der Waals surface area (Å²) >= 11 is 8.79. The van der Waals surface area contributed by atoms with Crippen molar-refractivity contribution < 1.29 is 0 Å². The molecule has 0 aliphatic heterocycles. The van der Waals surface area contributed by atoms with E-state index in [-0.39, 0.29) is 12.4 Å². The molecule has 2 aromatic carbocycles. The van der Waals surface area contributed by atoms with E-state index in [1.165, 1.54) is 5.56 Å². The molecular weight excluding hydrogens is 474 g/mol. The van der Waals surface area contributed by atoms with Crippen LogP contribution in [0.5, 0.6) is 0 Å². The van der Waals surface area contributed by atoms with Gasteiger partial charge in [-0.05, 0) is 58.4 Å². The van der Waals surface area contributed by atoms with Crippen LogP contribution >= 0.6 is 56.0 Å². The van der Waals surface area contributed by atoms with Crippen molar-refractivity contribution in [3.8, 4) is 0 Å². The molecule has 0 aliphatic carbocycles. The predicted molar refractivity (Wildman–Crippen MR) is 116 cm³/mol. The van der Waals surface area contributed by atoms with Crippen molar-refractivity contribution in [1.82, 2.24) is 0 Å². The van der Waals surface area contributed by atoms with Gasteiger partial charge in [0.2, 0.25) is 5.96 Å². The first-order valence-corrected chi connectivity index (χ1v) is 9.97. The van der Waals surface area contributed by atoms with Crippen molar-refractivity contribution in [2.75, 3.05) is 18.2 Å². The normalized spacial score (nSPS) is 11.1. The summed E-state index contributed by atoms with van der Waals surface area (Å²) < 4.78 is 1.93. The molecule has 0 atom stereocenters. The number of rotatable bonds is 4. The number of anilines is 1. The number of thioether (sulfide) groups is 1. The first-order chi connectivity index (χ1) is 11.0. The molecule has 2 N–H and O–H groups in total. The highest BCUT2D eigenvalue weighted by Crippen LogP contribution is 2.37. The molecule has 0 saturated heterocycles. The van der Waals surface area contributed by atoms with E-state index < -0.39 is 0 Å². The van der Waals surface area contributed by atoms with Crippen molar-refractivity contribution in [3.05, 3.63) is 50.9 Å². The van der Waals surface area contributed by atoms with E-state index in [9.17, 15) is 0 Å². The minimum atomic E-state index is 0. The Morgan fingerprint density at radius 2 is 1.96 bits per heavy atom. The Kier molecular flexibility index (Phi) is 8.63. The maximum Gasteiger partial charge on any atom is 0.200 e. The van der Waals surface area contributed by atoms with Crippen LogP contribution in [-0.4, -0.2) is 19.3 Å². The maximum absolute atomic E-state index is 6.22. The Labute approximate surface area is 170 Å². The Morgan fingerprint density at radius 1 is 1.25 bits per heavy atom. The molecule has 0 aromatic heterocycles. The molecule has 0 radical (unpaired) electrons. The standard InChI is InChI=1S/C17H19Br2N3S.ClH/c1-4-11-6-5-7-13(8-11)22(2)17(20)21-14-9-12(18)10-15(23-3)16(14)19;/h5-10H,4H2,1-3H3,(H2,20,21);1H. The van der Waals surface area contributed by atoms with Gasteiger partial charge in [-0.2, -0.15) is 0 Å². The first-order valence-electron chi connectivity index (χ1n) is 7.16. The lowest BCUT2D eigenvalue weighted by Crippen LogP contribution is -2.33. The van der Waals surface area contributed by atoms with Crippen LogP contribution < -0.4 is 10.6 Å². The number of aryl methyl sites for hydroxylation is 1. The van der Waals surface area contributed by atoms with Crippen LogP contribution in [0.25, 0.3) is 0 Å². The average Bonchev–Trinajstić information content (AvgIpc) is 2.56. The van der Waals surface area contributed by atoms with Gasteiger partial charge < -0.3 is 10.6 Å². The molecule has 24 heavy (non-hydrogen) atoms. The number of aliphatic imine (C=N–C) groups is 1. The summed E-state index contributed by atoms with van der Waals surface area (Å²) in [4.78, 5) is 7.60. The third-order valence-electron chi connectivity index (χ3n) is 3.49. The number of benzene rings is 2. The molecule has 0 saturated carbocycles. The summed E-state index contributed by atoms with van der Waals surface area (Å²) in [6.45, 7) is 2.14. The smallest absolute Gasteiger partial charge is 0.200 e. The fourth-order valence-corrected chi connectivity index (χ4v) is 4.03. The molecule has 0 unspecified atom stereocenters. The predicted octanol–water partition coefficient (Wildman–Crippen LogP) is 6.00. The van der Waals surface area contributed by atoms with Gasteiger partial charge >= 0.3 is 0 Å². The van der Waals surface area contributed by atoms with Crippen molar-refractivity contribution in [1.29, 1.82) is 0 Å². The fraction of sp³-hybridized carbons (Fsp3) is 0.235. The second kappa shape index (κ2) is 9.70. The quantitative estimate of drug-likeness (QED) is 0.323. The van der Waals surface area contributed by atoms with Crippen LogP contribution in [0.2, 0.25) is 0 Å². The van der Waals surface area contributed by atoms with Gasteiger partial charge in [-0.3, -0.25) is 0 Å². The molecule has 0 spiro atoms. The second-order valence-corrected chi connectivity index (χ2v) is 7.55. The third kappa shape index (κ3) is 5.15. The summed E-state index contributed by atoms with van der Waals surface area (Å²) in [6, 6.07) is 12.3. The summed E-state index contributed by atoms with van der Waals surface area (Å²) in [7, 11) is 1.93. The number of hydrogen-bond acceptors (Lipinski definition) is 2. The lowest BCUT2D eigenvalue weighted by atomic mass is 10.1. The van der Waals surface area contributed by atoms with Crippen molar-refractivity contribution in [2.45, 2.75) is 18.2 Å². The molecule has 7 heteroatoms. The van der Waals surface area contributed by atoms with Gasteiger partial charge in [0.25, 0.3) is 0 Å². The summed E-state index contributed by atoms with van der Waals surface area (Å²) in [6.07, 6.45) is 3.03. The first kappa shape index (κ1) is 21.4. The zero-order valence-electron chi connectivity index (χ0n) is 13.7. The van der Waals surface area contributed by atoms with Crippen molar-refractivity contribution in [2.24, 2.45) is 10.7 Å². The van der Waals surface area contributed by atoms with Gasteiger partial charge in [0.05, 0.1) is 10.2 Å². The molecule has 0 amide bonds. The lowest BCUT2D eigenvalue weighted by molar-refractivity contribution is 1.13. The summed E-state index contributed by atoms with van der Waals surface area (Å²) in [5.41, 5.74) is 9.32. The molecular formula is C17H20Br2ClN3S. The molecule has 0 heterocycles. The van der Waals surface area contributed by atoms with E-state index in [1.807, 2.05) is 36.4 Å². The molecule has 0 fully saturated rings. The molecule has 3 nitrogen and oxygen atoms in total. The van der Waals surface area contributed by atoms with Gasteiger partial charge in [-0.1, -0.05) is 35.0 Å². The Balaban J connectivity index is 0.00000288. The van der Waals surface area contributed by atoms with Crippen LogP contribution in [0, 0.1) is 0 Å². The highest BCUT2D eigenvalue weighted by Gasteiger charge is 2.10. The number of nitrogens with zero attached hydrogens (tertiary/aromatic N) is 2. The fourth-order valence-electron chi connectivity index (χ4n) is 2.10. The van der Waals surface area contributed by atoms with Gasteiger partial charge in [0, 0.05) is 22.1 Å². The maximum atomic E-state index is 6.22. The van der Waals surface area contributed by atoms with E-state index in [1.54, 1.807) is 11.8 Å². The topological polar surface area (TPSA) is 41.6 Å². The minimum Gasteiger partial charge on any atom is -0.369 e.